The Hall–Kier alpha value is -1.72. The molecule has 1 atom stereocenters. The van der Waals surface area contributed by atoms with Crippen molar-refractivity contribution in [1.82, 2.24) is 9.80 Å². The van der Waals surface area contributed by atoms with Gasteiger partial charge in [0.1, 0.15) is 6.04 Å². The number of carboxylic acids is 1. The molecule has 1 heterocycles. The van der Waals surface area contributed by atoms with Gasteiger partial charge in [-0.25, -0.2) is 0 Å². The predicted molar refractivity (Wildman–Crippen MR) is 90.0 cm³/mol. The molecule has 0 spiro atoms. The molecule has 0 amide bonds. The molecule has 0 saturated carbocycles. The highest BCUT2D eigenvalue weighted by Gasteiger charge is 2.30. The third-order valence-electron chi connectivity index (χ3n) is 4.54. The van der Waals surface area contributed by atoms with Crippen LogP contribution in [0.1, 0.15) is 42.1 Å². The van der Waals surface area contributed by atoms with Gasteiger partial charge >= 0.3 is 5.97 Å². The molecular weight excluding hydrogens is 292 g/mol. The maximum absolute atomic E-state index is 12.4. The molecule has 2 rings (SSSR count). The van der Waals surface area contributed by atoms with E-state index in [9.17, 15) is 14.7 Å². The van der Waals surface area contributed by atoms with Crippen LogP contribution in [-0.2, 0) is 4.79 Å². The zero-order valence-corrected chi connectivity index (χ0v) is 14.2. The molecule has 5 heteroatoms. The van der Waals surface area contributed by atoms with E-state index in [0.29, 0.717) is 24.6 Å². The monoisotopic (exact) mass is 318 g/mol. The minimum Gasteiger partial charge on any atom is -0.480 e. The van der Waals surface area contributed by atoms with E-state index in [-0.39, 0.29) is 12.2 Å². The third kappa shape index (κ3) is 4.62. The number of hydrogen-bond acceptors (Lipinski definition) is 4. The molecule has 1 fully saturated rings. The van der Waals surface area contributed by atoms with Gasteiger partial charge in [0, 0.05) is 38.2 Å². The maximum Gasteiger partial charge on any atom is 0.321 e. The molecule has 1 saturated heterocycles. The standard InChI is InChI=1S/C18H26N2O3/c1-13(2)14-4-6-15(7-5-14)17(21)12-16(18(22)23)20-10-8-19(3)9-11-20/h4-7,13,16H,8-12H2,1-3H3,(H,22,23)/t16-/m1/s1. The molecule has 1 aliphatic heterocycles. The number of piperazine rings is 1. The molecule has 0 unspecified atom stereocenters. The summed E-state index contributed by atoms with van der Waals surface area (Å²) < 4.78 is 0. The van der Waals surface area contributed by atoms with E-state index in [1.54, 1.807) is 12.1 Å². The molecule has 1 aromatic rings. The molecule has 5 nitrogen and oxygen atoms in total. The third-order valence-corrected chi connectivity index (χ3v) is 4.54. The lowest BCUT2D eigenvalue weighted by Gasteiger charge is -2.35. The van der Waals surface area contributed by atoms with Gasteiger partial charge in [0.2, 0.25) is 0 Å². The van der Waals surface area contributed by atoms with Gasteiger partial charge in [0.15, 0.2) is 5.78 Å². The minimum atomic E-state index is -0.915. The number of Topliss-reactive ketones (excluding diaryl/α,β-unsaturated/α-hetero) is 1. The van der Waals surface area contributed by atoms with E-state index in [1.807, 2.05) is 24.1 Å². The van der Waals surface area contributed by atoms with Crippen LogP contribution >= 0.6 is 0 Å². The summed E-state index contributed by atoms with van der Waals surface area (Å²) in [5.74, 6) is -0.607. The fourth-order valence-electron chi connectivity index (χ4n) is 2.85. The Labute approximate surface area is 137 Å². The van der Waals surface area contributed by atoms with E-state index >= 15 is 0 Å². The van der Waals surface area contributed by atoms with Crippen molar-refractivity contribution < 1.29 is 14.7 Å². The van der Waals surface area contributed by atoms with E-state index in [1.165, 1.54) is 5.56 Å². The van der Waals surface area contributed by atoms with Crippen molar-refractivity contribution in [2.45, 2.75) is 32.2 Å². The largest absolute Gasteiger partial charge is 0.480 e. The lowest BCUT2D eigenvalue weighted by Crippen LogP contribution is -2.52. The highest BCUT2D eigenvalue weighted by Crippen LogP contribution is 2.17. The lowest BCUT2D eigenvalue weighted by molar-refractivity contribution is -0.143. The quantitative estimate of drug-likeness (QED) is 0.814. The van der Waals surface area contributed by atoms with Gasteiger partial charge in [0.25, 0.3) is 0 Å². The number of ketones is 1. The van der Waals surface area contributed by atoms with Crippen molar-refractivity contribution in [3.63, 3.8) is 0 Å². The summed E-state index contributed by atoms with van der Waals surface area (Å²) in [6, 6.07) is 6.77. The Balaban J connectivity index is 2.04. The number of nitrogens with zero attached hydrogens (tertiary/aromatic N) is 2. The number of carboxylic acid groups (broad SMARTS) is 1. The summed E-state index contributed by atoms with van der Waals surface area (Å²) in [5, 5.41) is 9.50. The Morgan fingerprint density at radius 2 is 1.65 bits per heavy atom. The van der Waals surface area contributed by atoms with E-state index < -0.39 is 12.0 Å². The van der Waals surface area contributed by atoms with E-state index in [2.05, 4.69) is 18.7 Å². The van der Waals surface area contributed by atoms with E-state index in [0.717, 1.165) is 13.1 Å². The van der Waals surface area contributed by atoms with Crippen LogP contribution in [0.25, 0.3) is 0 Å². The average molecular weight is 318 g/mol. The van der Waals surface area contributed by atoms with Crippen LogP contribution in [0, 0.1) is 0 Å². The zero-order chi connectivity index (χ0) is 17.0. The topological polar surface area (TPSA) is 60.9 Å². The molecule has 1 N–H and O–H groups in total. The number of carbonyl (C=O) groups is 2. The molecule has 1 aromatic carbocycles. The van der Waals surface area contributed by atoms with Gasteiger partial charge in [0.05, 0.1) is 0 Å². The number of aliphatic carboxylic acids is 1. The molecule has 0 aliphatic carbocycles. The van der Waals surface area contributed by atoms with Crippen molar-refractivity contribution in [3.05, 3.63) is 35.4 Å². The molecule has 1 aliphatic rings. The van der Waals surface area contributed by atoms with Crippen LogP contribution in [0.5, 0.6) is 0 Å². The fourth-order valence-corrected chi connectivity index (χ4v) is 2.85. The normalized spacial score (nSPS) is 18.1. The van der Waals surface area contributed by atoms with Gasteiger partial charge in [-0.2, -0.15) is 0 Å². The Morgan fingerprint density at radius 3 is 2.13 bits per heavy atom. The van der Waals surface area contributed by atoms with Gasteiger partial charge in [-0.15, -0.1) is 0 Å². The van der Waals surface area contributed by atoms with Crippen LogP contribution in [0.2, 0.25) is 0 Å². The number of hydrogen-bond donors (Lipinski definition) is 1. The molecule has 23 heavy (non-hydrogen) atoms. The smallest absolute Gasteiger partial charge is 0.321 e. The minimum absolute atomic E-state index is 0.0279. The van der Waals surface area contributed by atoms with Crippen LogP contribution in [0.4, 0.5) is 0 Å². The van der Waals surface area contributed by atoms with Crippen LogP contribution < -0.4 is 0 Å². The molecule has 0 aromatic heterocycles. The predicted octanol–water partition coefficient (Wildman–Crippen LogP) is 2.08. The summed E-state index contributed by atoms with van der Waals surface area (Å²) in [6.45, 7) is 7.25. The summed E-state index contributed by atoms with van der Waals surface area (Å²) in [4.78, 5) is 28.1. The number of likely N-dealkylation sites (N-methyl/N-ethyl adjacent to an activating group) is 1. The summed E-state index contributed by atoms with van der Waals surface area (Å²) >= 11 is 0. The molecule has 0 radical (unpaired) electrons. The second kappa shape index (κ2) is 7.70. The highest BCUT2D eigenvalue weighted by molar-refractivity contribution is 5.98. The highest BCUT2D eigenvalue weighted by atomic mass is 16.4. The molecular formula is C18H26N2O3. The zero-order valence-electron chi connectivity index (χ0n) is 14.2. The molecule has 126 valence electrons. The van der Waals surface area contributed by atoms with Crippen LogP contribution in [-0.4, -0.2) is 65.9 Å². The molecule has 0 bridgehead atoms. The van der Waals surface area contributed by atoms with Gasteiger partial charge in [-0.1, -0.05) is 38.1 Å². The summed E-state index contributed by atoms with van der Waals surface area (Å²) in [6.07, 6.45) is 0.0279. The maximum atomic E-state index is 12.4. The SMILES string of the molecule is CC(C)c1ccc(C(=O)C[C@H](C(=O)O)N2CCN(C)CC2)cc1. The number of benzene rings is 1. The first-order chi connectivity index (χ1) is 10.9. The Bertz CT molecular complexity index is 546. The van der Waals surface area contributed by atoms with Gasteiger partial charge < -0.3 is 10.0 Å². The van der Waals surface area contributed by atoms with Gasteiger partial charge in [-0.3, -0.25) is 14.5 Å². The van der Waals surface area contributed by atoms with Crippen molar-refractivity contribution in [3.8, 4) is 0 Å². The first kappa shape index (κ1) is 17.6. The van der Waals surface area contributed by atoms with Gasteiger partial charge in [-0.05, 0) is 18.5 Å². The Morgan fingerprint density at radius 1 is 1.09 bits per heavy atom. The first-order valence-corrected chi connectivity index (χ1v) is 8.17. The second-order valence-corrected chi connectivity index (χ2v) is 6.60. The van der Waals surface area contributed by atoms with Crippen molar-refractivity contribution in [2.24, 2.45) is 0 Å². The lowest BCUT2D eigenvalue weighted by atomic mass is 9.97. The Kier molecular flexibility index (Phi) is 5.91. The summed E-state index contributed by atoms with van der Waals surface area (Å²) in [5.41, 5.74) is 1.77. The average Bonchev–Trinajstić information content (AvgIpc) is 2.53. The number of carbonyl (C=O) groups excluding carboxylic acids is 1. The van der Waals surface area contributed by atoms with Crippen molar-refractivity contribution in [1.29, 1.82) is 0 Å². The first-order valence-electron chi connectivity index (χ1n) is 8.17. The second-order valence-electron chi connectivity index (χ2n) is 6.60. The van der Waals surface area contributed by atoms with Crippen LogP contribution in [0.3, 0.4) is 0 Å². The van der Waals surface area contributed by atoms with Crippen molar-refractivity contribution >= 4 is 11.8 Å². The van der Waals surface area contributed by atoms with E-state index in [4.69, 9.17) is 0 Å². The van der Waals surface area contributed by atoms with Crippen molar-refractivity contribution in [2.75, 3.05) is 33.2 Å². The fraction of sp³-hybridized carbons (Fsp3) is 0.556. The summed E-state index contributed by atoms with van der Waals surface area (Å²) in [7, 11) is 2.02. The van der Waals surface area contributed by atoms with Crippen LogP contribution in [0.15, 0.2) is 24.3 Å². The number of rotatable bonds is 6.